The summed E-state index contributed by atoms with van der Waals surface area (Å²) in [6, 6.07) is 13.3. The molecule has 1 aliphatic heterocycles. The Morgan fingerprint density at radius 1 is 0.958 bits per heavy atom. The number of pyridine rings is 1. The van der Waals surface area contributed by atoms with Gasteiger partial charge in [-0.2, -0.15) is 0 Å². The minimum atomic E-state index is -0.0683. The normalized spacial score (nSPS) is 14.5. The molecule has 3 rings (SSSR count). The third kappa shape index (κ3) is 3.79. The minimum absolute atomic E-state index is 0.0683. The molecule has 0 N–H and O–H groups in total. The van der Waals surface area contributed by atoms with Crippen LogP contribution in [0.1, 0.15) is 21.6 Å². The summed E-state index contributed by atoms with van der Waals surface area (Å²) in [4.78, 5) is 32.5. The highest BCUT2D eigenvalue weighted by Gasteiger charge is 2.25. The van der Waals surface area contributed by atoms with Crippen LogP contribution < -0.4 is 0 Å². The van der Waals surface area contributed by atoms with Gasteiger partial charge in [-0.05, 0) is 24.6 Å². The number of carbonyl (C=O) groups is 2. The maximum absolute atomic E-state index is 12.4. The number of hydrogen-bond acceptors (Lipinski definition) is 3. The first-order chi connectivity index (χ1) is 11.6. The molecule has 0 spiro atoms. The Balaban J connectivity index is 1.54. The Morgan fingerprint density at radius 3 is 2.25 bits per heavy atom. The molecule has 2 heterocycles. The van der Waals surface area contributed by atoms with Crippen molar-refractivity contribution in [1.29, 1.82) is 0 Å². The molecule has 0 unspecified atom stereocenters. The lowest BCUT2D eigenvalue weighted by Gasteiger charge is -2.34. The maximum atomic E-state index is 12.4. The summed E-state index contributed by atoms with van der Waals surface area (Å²) >= 11 is 0. The summed E-state index contributed by atoms with van der Waals surface area (Å²) in [7, 11) is 0. The number of aromatic nitrogens is 1. The second kappa shape index (κ2) is 7.25. The van der Waals surface area contributed by atoms with E-state index in [0.717, 1.165) is 5.56 Å². The molecule has 24 heavy (non-hydrogen) atoms. The first kappa shape index (κ1) is 16.2. The molecule has 0 aliphatic carbocycles. The van der Waals surface area contributed by atoms with E-state index in [-0.39, 0.29) is 11.8 Å². The van der Waals surface area contributed by atoms with Crippen LogP contribution in [0.5, 0.6) is 0 Å². The van der Waals surface area contributed by atoms with Crippen LogP contribution in [0, 0.1) is 6.92 Å². The lowest BCUT2D eigenvalue weighted by Crippen LogP contribution is -2.51. The molecule has 5 nitrogen and oxygen atoms in total. The van der Waals surface area contributed by atoms with Crippen molar-refractivity contribution in [3.05, 3.63) is 65.5 Å². The van der Waals surface area contributed by atoms with Crippen LogP contribution in [0.15, 0.2) is 48.7 Å². The van der Waals surface area contributed by atoms with Crippen molar-refractivity contribution in [2.24, 2.45) is 0 Å². The predicted octanol–water partition coefficient (Wildman–Crippen LogP) is 1.92. The summed E-state index contributed by atoms with van der Waals surface area (Å²) in [5.74, 6) is 0.0463. The predicted molar refractivity (Wildman–Crippen MR) is 91.6 cm³/mol. The second-order valence-corrected chi connectivity index (χ2v) is 6.05. The molecule has 1 aliphatic rings. The summed E-state index contributed by atoms with van der Waals surface area (Å²) in [5.41, 5.74) is 2.67. The van der Waals surface area contributed by atoms with E-state index in [2.05, 4.69) is 4.98 Å². The second-order valence-electron chi connectivity index (χ2n) is 6.05. The van der Waals surface area contributed by atoms with Gasteiger partial charge in [0.25, 0.3) is 5.91 Å². The van der Waals surface area contributed by atoms with Crippen LogP contribution in [-0.2, 0) is 11.2 Å². The van der Waals surface area contributed by atoms with Crippen molar-refractivity contribution < 1.29 is 9.59 Å². The maximum Gasteiger partial charge on any atom is 0.272 e. The van der Waals surface area contributed by atoms with Gasteiger partial charge >= 0.3 is 0 Å². The number of aryl methyl sites for hydroxylation is 1. The molecule has 5 heteroatoms. The van der Waals surface area contributed by atoms with Gasteiger partial charge in [0, 0.05) is 32.4 Å². The van der Waals surface area contributed by atoms with E-state index in [0.29, 0.717) is 38.3 Å². The van der Waals surface area contributed by atoms with E-state index in [9.17, 15) is 9.59 Å². The van der Waals surface area contributed by atoms with Gasteiger partial charge in [-0.1, -0.05) is 35.9 Å². The van der Waals surface area contributed by atoms with E-state index in [1.54, 1.807) is 23.2 Å². The number of benzene rings is 1. The topological polar surface area (TPSA) is 53.5 Å². The minimum Gasteiger partial charge on any atom is -0.339 e. The van der Waals surface area contributed by atoms with Crippen LogP contribution in [0.2, 0.25) is 0 Å². The molecule has 1 saturated heterocycles. The third-order valence-electron chi connectivity index (χ3n) is 4.28. The Bertz CT molecular complexity index is 705. The lowest BCUT2D eigenvalue weighted by molar-refractivity contribution is -0.131. The highest BCUT2D eigenvalue weighted by molar-refractivity contribution is 5.92. The average Bonchev–Trinajstić information content (AvgIpc) is 2.64. The smallest absolute Gasteiger partial charge is 0.272 e. The number of nitrogens with zero attached hydrogens (tertiary/aromatic N) is 3. The van der Waals surface area contributed by atoms with Gasteiger partial charge in [0.05, 0.1) is 6.42 Å². The molecule has 2 amide bonds. The Morgan fingerprint density at radius 2 is 1.62 bits per heavy atom. The van der Waals surface area contributed by atoms with Crippen molar-refractivity contribution >= 4 is 11.8 Å². The largest absolute Gasteiger partial charge is 0.339 e. The van der Waals surface area contributed by atoms with Gasteiger partial charge in [0.1, 0.15) is 5.69 Å². The van der Waals surface area contributed by atoms with Gasteiger partial charge in [0.2, 0.25) is 5.91 Å². The van der Waals surface area contributed by atoms with Crippen molar-refractivity contribution in [2.45, 2.75) is 13.3 Å². The van der Waals surface area contributed by atoms with E-state index in [1.807, 2.05) is 42.2 Å². The fourth-order valence-corrected chi connectivity index (χ4v) is 2.80. The molecule has 0 atom stereocenters. The monoisotopic (exact) mass is 323 g/mol. The number of piperazine rings is 1. The van der Waals surface area contributed by atoms with Crippen LogP contribution in [0.3, 0.4) is 0 Å². The highest BCUT2D eigenvalue weighted by Crippen LogP contribution is 2.10. The van der Waals surface area contributed by atoms with Gasteiger partial charge in [0.15, 0.2) is 0 Å². The van der Waals surface area contributed by atoms with E-state index in [1.165, 1.54) is 5.56 Å². The van der Waals surface area contributed by atoms with Crippen LogP contribution in [0.4, 0.5) is 0 Å². The van der Waals surface area contributed by atoms with E-state index >= 15 is 0 Å². The Labute approximate surface area is 141 Å². The molecule has 0 radical (unpaired) electrons. The summed E-state index contributed by atoms with van der Waals surface area (Å²) in [6.45, 7) is 4.28. The number of amides is 2. The van der Waals surface area contributed by atoms with E-state index in [4.69, 9.17) is 0 Å². The average molecular weight is 323 g/mol. The molecule has 1 aromatic heterocycles. The quantitative estimate of drug-likeness (QED) is 0.867. The highest BCUT2D eigenvalue weighted by atomic mass is 16.2. The molecular formula is C19H21N3O2. The standard InChI is InChI=1S/C19H21N3O2/c1-15-5-7-16(8-6-15)14-18(23)21-10-12-22(13-11-21)19(24)17-4-2-3-9-20-17/h2-9H,10-14H2,1H3. The van der Waals surface area contributed by atoms with Crippen molar-refractivity contribution in [3.63, 3.8) is 0 Å². The zero-order valence-corrected chi connectivity index (χ0v) is 13.8. The lowest BCUT2D eigenvalue weighted by atomic mass is 10.1. The number of hydrogen-bond donors (Lipinski definition) is 0. The zero-order chi connectivity index (χ0) is 16.9. The van der Waals surface area contributed by atoms with Crippen LogP contribution in [-0.4, -0.2) is 52.8 Å². The fourth-order valence-electron chi connectivity index (χ4n) is 2.80. The van der Waals surface area contributed by atoms with Gasteiger partial charge in [-0.25, -0.2) is 0 Å². The molecular weight excluding hydrogens is 302 g/mol. The molecule has 1 aromatic carbocycles. The first-order valence-electron chi connectivity index (χ1n) is 8.17. The van der Waals surface area contributed by atoms with Crippen molar-refractivity contribution in [1.82, 2.24) is 14.8 Å². The van der Waals surface area contributed by atoms with Crippen LogP contribution in [0.25, 0.3) is 0 Å². The Kier molecular flexibility index (Phi) is 4.89. The summed E-state index contributed by atoms with van der Waals surface area (Å²) in [5, 5.41) is 0. The molecule has 0 bridgehead atoms. The SMILES string of the molecule is Cc1ccc(CC(=O)N2CCN(C(=O)c3ccccn3)CC2)cc1. The first-order valence-corrected chi connectivity index (χ1v) is 8.17. The van der Waals surface area contributed by atoms with Gasteiger partial charge in [-0.3, -0.25) is 14.6 Å². The molecule has 1 fully saturated rings. The zero-order valence-electron chi connectivity index (χ0n) is 13.8. The van der Waals surface area contributed by atoms with Crippen LogP contribution >= 0.6 is 0 Å². The summed E-state index contributed by atoms with van der Waals surface area (Å²) < 4.78 is 0. The van der Waals surface area contributed by atoms with Gasteiger partial charge in [-0.15, -0.1) is 0 Å². The fraction of sp³-hybridized carbons (Fsp3) is 0.316. The molecule has 0 saturated carbocycles. The van der Waals surface area contributed by atoms with Crippen molar-refractivity contribution in [2.75, 3.05) is 26.2 Å². The van der Waals surface area contributed by atoms with E-state index < -0.39 is 0 Å². The molecule has 124 valence electrons. The van der Waals surface area contributed by atoms with Crippen molar-refractivity contribution in [3.8, 4) is 0 Å². The molecule has 2 aromatic rings. The van der Waals surface area contributed by atoms with Gasteiger partial charge < -0.3 is 9.80 Å². The number of carbonyl (C=O) groups excluding carboxylic acids is 2. The third-order valence-corrected chi connectivity index (χ3v) is 4.28. The summed E-state index contributed by atoms with van der Waals surface area (Å²) in [6.07, 6.45) is 2.03. The number of rotatable bonds is 3. The Hall–Kier alpha value is -2.69.